The van der Waals surface area contributed by atoms with Crippen LogP contribution in [0.1, 0.15) is 19.2 Å². The first-order valence-electron chi connectivity index (χ1n) is 6.79. The average molecular weight is 271 g/mol. The third-order valence-electron chi connectivity index (χ3n) is 3.85. The number of para-hydroxylation sites is 1. The summed E-state index contributed by atoms with van der Waals surface area (Å²) in [5.74, 6) is 1.28. The molecule has 1 aromatic heterocycles. The second-order valence-corrected chi connectivity index (χ2v) is 5.54. The van der Waals surface area contributed by atoms with E-state index in [-0.39, 0.29) is 17.4 Å². The molecular weight excluding hydrogens is 254 g/mol. The fourth-order valence-electron chi connectivity index (χ4n) is 2.46. The highest BCUT2D eigenvalue weighted by Gasteiger charge is 2.40. The molecule has 1 amide bonds. The lowest BCUT2D eigenvalue weighted by Crippen LogP contribution is -2.29. The summed E-state index contributed by atoms with van der Waals surface area (Å²) < 4.78 is 0. The highest BCUT2D eigenvalue weighted by Crippen LogP contribution is 2.39. The van der Waals surface area contributed by atoms with Gasteiger partial charge in [-0.15, -0.1) is 0 Å². The Kier molecular flexibility index (Phi) is 3.04. The number of aromatic nitrogens is 2. The lowest BCUT2D eigenvalue weighted by molar-refractivity contribution is -0.132. The minimum atomic E-state index is -0.161. The molecule has 1 N–H and O–H groups in total. The molecule has 1 aliphatic rings. The van der Waals surface area contributed by atoms with E-state index in [0.29, 0.717) is 29.2 Å². The van der Waals surface area contributed by atoms with Crippen molar-refractivity contribution in [3.63, 3.8) is 0 Å². The van der Waals surface area contributed by atoms with E-state index in [1.165, 1.54) is 0 Å². The first kappa shape index (κ1) is 12.8. The van der Waals surface area contributed by atoms with Gasteiger partial charge in [-0.1, -0.05) is 19.1 Å². The van der Waals surface area contributed by atoms with E-state index in [9.17, 15) is 9.59 Å². The van der Waals surface area contributed by atoms with Crippen molar-refractivity contribution in [3.05, 3.63) is 40.4 Å². The maximum Gasteiger partial charge on any atom is 0.258 e. The number of benzene rings is 1. The first-order valence-corrected chi connectivity index (χ1v) is 6.79. The van der Waals surface area contributed by atoms with Crippen LogP contribution in [-0.4, -0.2) is 27.8 Å². The largest absolute Gasteiger partial charge is 0.338 e. The summed E-state index contributed by atoms with van der Waals surface area (Å²) in [6.07, 6.45) is 0.963. The molecule has 5 nitrogen and oxygen atoms in total. The summed E-state index contributed by atoms with van der Waals surface area (Å²) in [4.78, 5) is 32.8. The van der Waals surface area contributed by atoms with Gasteiger partial charge in [0, 0.05) is 13.0 Å². The number of aromatic amines is 1. The SMILES string of the molecule is C[C@H]1C[C@H]1C(=O)N(C)Cc1nc2ccccc2c(=O)[nH]1. The fraction of sp³-hybridized carbons (Fsp3) is 0.400. The summed E-state index contributed by atoms with van der Waals surface area (Å²) in [7, 11) is 1.75. The minimum Gasteiger partial charge on any atom is -0.338 e. The van der Waals surface area contributed by atoms with Crippen molar-refractivity contribution >= 4 is 16.8 Å². The molecular formula is C15H17N3O2. The van der Waals surface area contributed by atoms with Crippen molar-refractivity contribution in [2.45, 2.75) is 19.9 Å². The molecule has 2 aromatic rings. The van der Waals surface area contributed by atoms with Crippen molar-refractivity contribution in [2.75, 3.05) is 7.05 Å². The molecule has 104 valence electrons. The molecule has 0 saturated heterocycles. The average Bonchev–Trinajstić information content (AvgIpc) is 3.15. The number of H-pyrrole nitrogens is 1. The van der Waals surface area contributed by atoms with Crippen LogP contribution in [0.25, 0.3) is 10.9 Å². The van der Waals surface area contributed by atoms with Gasteiger partial charge in [-0.2, -0.15) is 0 Å². The lowest BCUT2D eigenvalue weighted by Gasteiger charge is -2.16. The molecule has 1 aliphatic carbocycles. The second-order valence-electron chi connectivity index (χ2n) is 5.54. The van der Waals surface area contributed by atoms with Gasteiger partial charge in [-0.05, 0) is 24.5 Å². The predicted octanol–water partition coefficient (Wildman–Crippen LogP) is 1.54. The molecule has 0 unspecified atom stereocenters. The number of fused-ring (bicyclic) bond motifs is 1. The second kappa shape index (κ2) is 4.74. The molecule has 0 spiro atoms. The van der Waals surface area contributed by atoms with Crippen molar-refractivity contribution in [1.82, 2.24) is 14.9 Å². The molecule has 1 fully saturated rings. The van der Waals surface area contributed by atoms with Crippen LogP contribution in [0.4, 0.5) is 0 Å². The zero-order chi connectivity index (χ0) is 14.3. The summed E-state index contributed by atoms with van der Waals surface area (Å²) in [6, 6.07) is 7.20. The third-order valence-corrected chi connectivity index (χ3v) is 3.85. The van der Waals surface area contributed by atoms with E-state index in [1.54, 1.807) is 24.1 Å². The van der Waals surface area contributed by atoms with Gasteiger partial charge in [-0.25, -0.2) is 4.98 Å². The van der Waals surface area contributed by atoms with Crippen LogP contribution in [0.2, 0.25) is 0 Å². The van der Waals surface area contributed by atoms with Gasteiger partial charge in [0.15, 0.2) is 0 Å². The quantitative estimate of drug-likeness (QED) is 0.920. The van der Waals surface area contributed by atoms with Gasteiger partial charge in [0.25, 0.3) is 5.56 Å². The number of amides is 1. The van der Waals surface area contributed by atoms with Crippen molar-refractivity contribution < 1.29 is 4.79 Å². The minimum absolute atomic E-state index is 0.133. The Hall–Kier alpha value is -2.17. The van der Waals surface area contributed by atoms with Crippen LogP contribution in [0, 0.1) is 11.8 Å². The molecule has 20 heavy (non-hydrogen) atoms. The predicted molar refractivity (Wildman–Crippen MR) is 76.1 cm³/mol. The van der Waals surface area contributed by atoms with Crippen LogP contribution < -0.4 is 5.56 Å². The van der Waals surface area contributed by atoms with Gasteiger partial charge < -0.3 is 9.88 Å². The van der Waals surface area contributed by atoms with Gasteiger partial charge >= 0.3 is 0 Å². The number of nitrogens with one attached hydrogen (secondary N) is 1. The van der Waals surface area contributed by atoms with Gasteiger partial charge in [0.1, 0.15) is 5.82 Å². The Morgan fingerprint density at radius 1 is 1.45 bits per heavy atom. The molecule has 3 rings (SSSR count). The fourth-order valence-corrected chi connectivity index (χ4v) is 2.46. The highest BCUT2D eigenvalue weighted by atomic mass is 16.2. The molecule has 2 atom stereocenters. The van der Waals surface area contributed by atoms with Crippen LogP contribution in [0.3, 0.4) is 0 Å². The molecule has 5 heteroatoms. The first-order chi connectivity index (χ1) is 9.56. The van der Waals surface area contributed by atoms with Crippen LogP contribution in [-0.2, 0) is 11.3 Å². The lowest BCUT2D eigenvalue weighted by atomic mass is 10.2. The Labute approximate surface area is 116 Å². The zero-order valence-electron chi connectivity index (χ0n) is 11.6. The number of hydrogen-bond donors (Lipinski definition) is 1. The van der Waals surface area contributed by atoms with Crippen molar-refractivity contribution in [3.8, 4) is 0 Å². The third kappa shape index (κ3) is 2.31. The van der Waals surface area contributed by atoms with E-state index in [4.69, 9.17) is 0 Å². The monoisotopic (exact) mass is 271 g/mol. The standard InChI is InChI=1S/C15H17N3O2/c1-9-7-11(9)15(20)18(2)8-13-16-12-6-4-3-5-10(12)14(19)17-13/h3-6,9,11H,7-8H2,1-2H3,(H,16,17,19)/t9-,11+/m0/s1. The number of hydrogen-bond acceptors (Lipinski definition) is 3. The summed E-state index contributed by atoms with van der Waals surface area (Å²) in [5, 5.41) is 0.570. The van der Waals surface area contributed by atoms with E-state index in [0.717, 1.165) is 6.42 Å². The number of nitrogens with zero attached hydrogens (tertiary/aromatic N) is 2. The molecule has 0 radical (unpaired) electrons. The van der Waals surface area contributed by atoms with Gasteiger partial charge in [0.2, 0.25) is 5.91 Å². The Balaban J connectivity index is 1.84. The van der Waals surface area contributed by atoms with Gasteiger partial charge in [0.05, 0.1) is 17.4 Å². The van der Waals surface area contributed by atoms with E-state index >= 15 is 0 Å². The van der Waals surface area contributed by atoms with E-state index in [1.807, 2.05) is 12.1 Å². The topological polar surface area (TPSA) is 66.1 Å². The van der Waals surface area contributed by atoms with Crippen molar-refractivity contribution in [1.29, 1.82) is 0 Å². The molecule has 1 aromatic carbocycles. The van der Waals surface area contributed by atoms with E-state index < -0.39 is 0 Å². The normalized spacial score (nSPS) is 20.9. The van der Waals surface area contributed by atoms with E-state index in [2.05, 4.69) is 16.9 Å². The number of carbonyl (C=O) groups excluding carboxylic acids is 1. The van der Waals surface area contributed by atoms with Crippen LogP contribution in [0.15, 0.2) is 29.1 Å². The number of rotatable bonds is 3. The highest BCUT2D eigenvalue weighted by molar-refractivity contribution is 5.81. The van der Waals surface area contributed by atoms with Crippen molar-refractivity contribution in [2.24, 2.45) is 11.8 Å². The Bertz CT molecular complexity index is 722. The van der Waals surface area contributed by atoms with Crippen LogP contribution in [0.5, 0.6) is 0 Å². The maximum atomic E-state index is 12.1. The summed E-state index contributed by atoms with van der Waals surface area (Å²) in [5.41, 5.74) is 0.498. The smallest absolute Gasteiger partial charge is 0.258 e. The molecule has 1 heterocycles. The molecule has 0 aliphatic heterocycles. The molecule has 0 bridgehead atoms. The zero-order valence-corrected chi connectivity index (χ0v) is 11.6. The van der Waals surface area contributed by atoms with Crippen LogP contribution >= 0.6 is 0 Å². The Morgan fingerprint density at radius 3 is 2.85 bits per heavy atom. The summed E-state index contributed by atoms with van der Waals surface area (Å²) in [6.45, 7) is 2.41. The summed E-state index contributed by atoms with van der Waals surface area (Å²) >= 11 is 0. The van der Waals surface area contributed by atoms with Gasteiger partial charge in [-0.3, -0.25) is 9.59 Å². The number of carbonyl (C=O) groups is 1. The maximum absolute atomic E-state index is 12.1. The molecule has 1 saturated carbocycles. The Morgan fingerprint density at radius 2 is 2.15 bits per heavy atom.